The highest BCUT2D eigenvalue weighted by Crippen LogP contribution is 2.30. The molecule has 0 fully saturated rings. The first-order valence-electron chi connectivity index (χ1n) is 8.16. The van der Waals surface area contributed by atoms with E-state index in [0.717, 1.165) is 12.8 Å². The molecule has 0 aliphatic heterocycles. The Morgan fingerprint density at radius 1 is 1.28 bits per heavy atom. The summed E-state index contributed by atoms with van der Waals surface area (Å²) in [7, 11) is 1.62. The van der Waals surface area contributed by atoms with Crippen LogP contribution in [-0.4, -0.2) is 15.5 Å². The highest BCUT2D eigenvalue weighted by Gasteiger charge is 2.23. The lowest BCUT2D eigenvalue weighted by molar-refractivity contribution is 0.0937. The number of aromatic amines is 1. The second-order valence-corrected chi connectivity index (χ2v) is 6.70. The summed E-state index contributed by atoms with van der Waals surface area (Å²) in [6.45, 7) is 0. The van der Waals surface area contributed by atoms with Crippen molar-refractivity contribution in [2.45, 2.75) is 18.9 Å². The van der Waals surface area contributed by atoms with Gasteiger partial charge in [-0.1, -0.05) is 24.3 Å². The molecule has 3 aromatic rings. The monoisotopic (exact) mass is 351 g/mol. The maximum atomic E-state index is 12.7. The van der Waals surface area contributed by atoms with Crippen molar-refractivity contribution < 1.29 is 4.79 Å². The first-order valence-corrected chi connectivity index (χ1v) is 8.57. The summed E-state index contributed by atoms with van der Waals surface area (Å²) < 4.78 is 1.71. The van der Waals surface area contributed by atoms with Gasteiger partial charge in [0.25, 0.3) is 11.5 Å². The Morgan fingerprint density at radius 3 is 2.92 bits per heavy atom. The van der Waals surface area contributed by atoms with Crippen molar-refractivity contribution in [1.82, 2.24) is 14.9 Å². The molecule has 2 aromatic carbocycles. The van der Waals surface area contributed by atoms with Gasteiger partial charge in [0, 0.05) is 12.6 Å². The maximum Gasteiger partial charge on any atom is 0.261 e. The van der Waals surface area contributed by atoms with E-state index in [1.807, 2.05) is 12.1 Å². The number of H-pyrrole nitrogens is 1. The highest BCUT2D eigenvalue weighted by atomic mass is 32.1. The fourth-order valence-electron chi connectivity index (χ4n) is 3.40. The van der Waals surface area contributed by atoms with Crippen LogP contribution in [0.2, 0.25) is 0 Å². The number of hydrogen-bond donors (Lipinski definition) is 2. The molecule has 2 N–H and O–H groups in total. The molecule has 1 heterocycles. The van der Waals surface area contributed by atoms with Gasteiger partial charge in [0.05, 0.1) is 16.9 Å². The number of nitrogens with one attached hydrogen (secondary N) is 2. The van der Waals surface area contributed by atoms with E-state index in [9.17, 15) is 9.59 Å². The van der Waals surface area contributed by atoms with E-state index < -0.39 is 0 Å². The van der Waals surface area contributed by atoms with Crippen molar-refractivity contribution in [2.24, 2.45) is 7.05 Å². The van der Waals surface area contributed by atoms with Crippen molar-refractivity contribution >= 4 is 29.0 Å². The zero-order valence-electron chi connectivity index (χ0n) is 13.7. The molecule has 126 valence electrons. The SMILES string of the molecule is Cn1c(=S)[nH]c2cc(C(=O)N[C@@H]3CCc4ccccc43)ccc2c1=O. The summed E-state index contributed by atoms with van der Waals surface area (Å²) >= 11 is 5.14. The van der Waals surface area contributed by atoms with Crippen molar-refractivity contribution in [3.8, 4) is 0 Å². The molecule has 0 saturated carbocycles. The van der Waals surface area contributed by atoms with Gasteiger partial charge in [-0.15, -0.1) is 0 Å². The van der Waals surface area contributed by atoms with Crippen molar-refractivity contribution in [1.29, 1.82) is 0 Å². The van der Waals surface area contributed by atoms with Gasteiger partial charge in [-0.05, 0) is 54.4 Å². The third-order valence-electron chi connectivity index (χ3n) is 4.80. The summed E-state index contributed by atoms with van der Waals surface area (Å²) in [6, 6.07) is 13.2. The van der Waals surface area contributed by atoms with Crippen LogP contribution in [0.15, 0.2) is 47.3 Å². The Morgan fingerprint density at radius 2 is 2.08 bits per heavy atom. The second kappa shape index (κ2) is 5.97. The number of aromatic nitrogens is 2. The van der Waals surface area contributed by atoms with Gasteiger partial charge in [0.15, 0.2) is 4.77 Å². The molecule has 5 nitrogen and oxygen atoms in total. The van der Waals surface area contributed by atoms with E-state index in [4.69, 9.17) is 12.2 Å². The highest BCUT2D eigenvalue weighted by molar-refractivity contribution is 7.71. The largest absolute Gasteiger partial charge is 0.345 e. The van der Waals surface area contributed by atoms with Gasteiger partial charge in [-0.3, -0.25) is 14.2 Å². The van der Waals surface area contributed by atoms with E-state index >= 15 is 0 Å². The Balaban J connectivity index is 1.66. The van der Waals surface area contributed by atoms with Crippen molar-refractivity contribution in [3.63, 3.8) is 0 Å². The molecule has 25 heavy (non-hydrogen) atoms. The normalized spacial score (nSPS) is 16.0. The fourth-order valence-corrected chi connectivity index (χ4v) is 3.59. The van der Waals surface area contributed by atoms with Crippen LogP contribution in [0.1, 0.15) is 33.9 Å². The minimum atomic E-state index is -0.171. The lowest BCUT2D eigenvalue weighted by atomic mass is 10.1. The standard InChI is InChI=1S/C19H17N3O2S/c1-22-18(24)14-8-6-12(10-16(14)21-19(22)25)17(23)20-15-9-7-11-4-2-3-5-13(11)15/h2-6,8,10,15H,7,9H2,1H3,(H,20,23)(H,21,25)/t15-/m1/s1. The lowest BCUT2D eigenvalue weighted by Crippen LogP contribution is -2.27. The summed E-state index contributed by atoms with van der Waals surface area (Å²) in [6.07, 6.45) is 1.88. The van der Waals surface area contributed by atoms with Gasteiger partial charge in [-0.2, -0.15) is 0 Å². The molecular weight excluding hydrogens is 334 g/mol. The zero-order valence-corrected chi connectivity index (χ0v) is 14.5. The summed E-state index contributed by atoms with van der Waals surface area (Å²) in [5.41, 5.74) is 3.39. The van der Waals surface area contributed by atoms with Gasteiger partial charge in [0.2, 0.25) is 0 Å². The van der Waals surface area contributed by atoms with Gasteiger partial charge >= 0.3 is 0 Å². The number of amides is 1. The van der Waals surface area contributed by atoms with Gasteiger partial charge < -0.3 is 10.3 Å². The average Bonchev–Trinajstić information content (AvgIpc) is 3.02. The molecule has 0 bridgehead atoms. The minimum absolute atomic E-state index is 0.0292. The number of carbonyl (C=O) groups is 1. The number of hydrogen-bond acceptors (Lipinski definition) is 3. The number of rotatable bonds is 2. The smallest absolute Gasteiger partial charge is 0.261 e. The molecular formula is C19H17N3O2S. The van der Waals surface area contributed by atoms with Crippen LogP contribution >= 0.6 is 12.2 Å². The maximum absolute atomic E-state index is 12.7. The molecule has 0 spiro atoms. The number of fused-ring (bicyclic) bond motifs is 2. The third-order valence-corrected chi connectivity index (χ3v) is 5.18. The number of aryl methyl sites for hydroxylation is 1. The molecule has 1 amide bonds. The molecule has 1 atom stereocenters. The molecule has 1 aromatic heterocycles. The third kappa shape index (κ3) is 2.68. The van der Waals surface area contributed by atoms with Crippen LogP contribution in [0.3, 0.4) is 0 Å². The first-order chi connectivity index (χ1) is 12.0. The van der Waals surface area contributed by atoms with Gasteiger partial charge in [-0.25, -0.2) is 0 Å². The van der Waals surface area contributed by atoms with Crippen LogP contribution in [-0.2, 0) is 13.5 Å². The summed E-state index contributed by atoms with van der Waals surface area (Å²) in [5.74, 6) is -0.149. The molecule has 4 rings (SSSR count). The van der Waals surface area contributed by atoms with E-state index in [0.29, 0.717) is 21.2 Å². The molecule has 1 aliphatic rings. The van der Waals surface area contributed by atoms with Gasteiger partial charge in [0.1, 0.15) is 0 Å². The molecule has 0 radical (unpaired) electrons. The zero-order chi connectivity index (χ0) is 17.6. The average molecular weight is 351 g/mol. The number of nitrogens with zero attached hydrogens (tertiary/aromatic N) is 1. The predicted molar refractivity (Wildman–Crippen MR) is 99.3 cm³/mol. The number of carbonyl (C=O) groups excluding carboxylic acids is 1. The molecule has 6 heteroatoms. The Bertz CT molecular complexity index is 1110. The molecule has 1 aliphatic carbocycles. The first kappa shape index (κ1) is 15.8. The van der Waals surface area contributed by atoms with Crippen molar-refractivity contribution in [3.05, 3.63) is 74.3 Å². The topological polar surface area (TPSA) is 66.9 Å². The summed E-state index contributed by atoms with van der Waals surface area (Å²) in [5, 5.41) is 3.61. The van der Waals surface area contributed by atoms with Crippen LogP contribution in [0.5, 0.6) is 0 Å². The lowest BCUT2D eigenvalue weighted by Gasteiger charge is -2.14. The predicted octanol–water partition coefficient (Wildman–Crippen LogP) is 3.01. The van der Waals surface area contributed by atoms with Crippen LogP contribution in [0.25, 0.3) is 10.9 Å². The Kier molecular flexibility index (Phi) is 3.77. The quantitative estimate of drug-likeness (QED) is 0.698. The Hall–Kier alpha value is -2.73. The van der Waals surface area contributed by atoms with Crippen LogP contribution in [0.4, 0.5) is 0 Å². The number of benzene rings is 2. The van der Waals surface area contributed by atoms with Crippen LogP contribution in [0, 0.1) is 4.77 Å². The van der Waals surface area contributed by atoms with Crippen molar-refractivity contribution in [2.75, 3.05) is 0 Å². The molecule has 0 saturated heterocycles. The second-order valence-electron chi connectivity index (χ2n) is 6.32. The van der Waals surface area contributed by atoms with E-state index in [-0.39, 0.29) is 17.5 Å². The summed E-state index contributed by atoms with van der Waals surface area (Å²) in [4.78, 5) is 27.9. The van der Waals surface area contributed by atoms with E-state index in [2.05, 4.69) is 22.4 Å². The minimum Gasteiger partial charge on any atom is -0.345 e. The fraction of sp³-hybridized carbons (Fsp3) is 0.211. The molecule has 0 unspecified atom stereocenters. The Labute approximate surface area is 149 Å². The van der Waals surface area contributed by atoms with E-state index in [1.54, 1.807) is 25.2 Å². The van der Waals surface area contributed by atoms with E-state index in [1.165, 1.54) is 15.7 Å². The van der Waals surface area contributed by atoms with Crippen LogP contribution < -0.4 is 10.9 Å².